The predicted molar refractivity (Wildman–Crippen MR) is 90.2 cm³/mol. The van der Waals surface area contributed by atoms with Gasteiger partial charge in [-0.15, -0.1) is 0 Å². The summed E-state index contributed by atoms with van der Waals surface area (Å²) in [4.78, 5) is 15.7. The first-order valence-corrected chi connectivity index (χ1v) is 8.01. The molecule has 1 unspecified atom stereocenters. The summed E-state index contributed by atoms with van der Waals surface area (Å²) in [5.74, 6) is 0.105. The van der Waals surface area contributed by atoms with Crippen molar-refractivity contribution in [2.45, 2.75) is 39.2 Å². The highest BCUT2D eigenvalue weighted by atomic mass is 16.1. The molecule has 118 valence electrons. The van der Waals surface area contributed by atoms with Gasteiger partial charge in [-0.1, -0.05) is 37.8 Å². The first-order chi connectivity index (χ1) is 10.1. The van der Waals surface area contributed by atoms with Crippen LogP contribution in [0.1, 0.15) is 33.1 Å². The molecule has 21 heavy (non-hydrogen) atoms. The summed E-state index contributed by atoms with van der Waals surface area (Å²) in [5, 5.41) is 0. The van der Waals surface area contributed by atoms with Crippen molar-refractivity contribution in [3.05, 3.63) is 36.6 Å². The van der Waals surface area contributed by atoms with Gasteiger partial charge in [0.25, 0.3) is 0 Å². The van der Waals surface area contributed by atoms with Gasteiger partial charge in [-0.2, -0.15) is 0 Å². The van der Waals surface area contributed by atoms with Crippen molar-refractivity contribution in [1.82, 2.24) is 9.80 Å². The van der Waals surface area contributed by atoms with Crippen molar-refractivity contribution in [2.75, 3.05) is 26.7 Å². The Morgan fingerprint density at radius 1 is 1.38 bits per heavy atom. The van der Waals surface area contributed by atoms with E-state index in [1.165, 1.54) is 12.8 Å². The first-order valence-electron chi connectivity index (χ1n) is 8.01. The molecule has 1 aliphatic rings. The van der Waals surface area contributed by atoms with Gasteiger partial charge in [0.1, 0.15) is 6.29 Å². The van der Waals surface area contributed by atoms with E-state index in [1.54, 1.807) is 0 Å². The van der Waals surface area contributed by atoms with Crippen molar-refractivity contribution in [1.29, 1.82) is 0 Å². The number of allylic oxidation sites excluding steroid dienone is 4. The molecule has 1 rings (SSSR count). The van der Waals surface area contributed by atoms with Gasteiger partial charge < -0.3 is 14.6 Å². The molecule has 0 aromatic heterocycles. The maximum Gasteiger partial charge on any atom is 0.120 e. The van der Waals surface area contributed by atoms with E-state index in [2.05, 4.69) is 36.4 Å². The fourth-order valence-electron chi connectivity index (χ4n) is 2.86. The molecule has 1 aliphatic heterocycles. The molecule has 0 N–H and O–H groups in total. The number of carbonyl (C=O) groups excluding carboxylic acids is 1. The van der Waals surface area contributed by atoms with E-state index in [9.17, 15) is 4.79 Å². The lowest BCUT2D eigenvalue weighted by molar-refractivity contribution is -0.108. The lowest BCUT2D eigenvalue weighted by Crippen LogP contribution is -2.43. The standard InChI is InChI=1S/C18H30N2O/c1-5-7-8-9-17(12-15-21)16(3)19(4)18-10-13-20(6-2)14-11-18/h5,7-9,15,17-18H,3,6,10-14H2,1-2,4H3/b7-5-,9-8?. The van der Waals surface area contributed by atoms with E-state index in [4.69, 9.17) is 0 Å². The van der Waals surface area contributed by atoms with Gasteiger partial charge in [0.2, 0.25) is 0 Å². The van der Waals surface area contributed by atoms with Gasteiger partial charge in [-0.25, -0.2) is 0 Å². The zero-order chi connectivity index (χ0) is 15.7. The minimum Gasteiger partial charge on any atom is -0.375 e. The van der Waals surface area contributed by atoms with Crippen LogP contribution in [0, 0.1) is 5.92 Å². The van der Waals surface area contributed by atoms with Crippen LogP contribution in [0.15, 0.2) is 36.6 Å². The van der Waals surface area contributed by atoms with E-state index in [-0.39, 0.29) is 5.92 Å². The van der Waals surface area contributed by atoms with Crippen LogP contribution in [0.3, 0.4) is 0 Å². The molecule has 0 aliphatic carbocycles. The van der Waals surface area contributed by atoms with Crippen molar-refractivity contribution >= 4 is 6.29 Å². The first kappa shape index (κ1) is 17.7. The van der Waals surface area contributed by atoms with E-state index < -0.39 is 0 Å². The summed E-state index contributed by atoms with van der Waals surface area (Å²) in [6.45, 7) is 11.9. The molecule has 0 aromatic carbocycles. The Labute approximate surface area is 130 Å². The predicted octanol–water partition coefficient (Wildman–Crippen LogP) is 3.25. The number of hydrogen-bond donors (Lipinski definition) is 0. The number of carbonyl (C=O) groups is 1. The molecule has 0 spiro atoms. The molecular formula is C18H30N2O. The van der Waals surface area contributed by atoms with Crippen molar-refractivity contribution in [3.63, 3.8) is 0 Å². The molecule has 0 saturated carbocycles. The number of nitrogens with zero attached hydrogens (tertiary/aromatic N) is 2. The number of hydrogen-bond acceptors (Lipinski definition) is 3. The second-order valence-corrected chi connectivity index (χ2v) is 5.69. The van der Waals surface area contributed by atoms with E-state index >= 15 is 0 Å². The largest absolute Gasteiger partial charge is 0.375 e. The second-order valence-electron chi connectivity index (χ2n) is 5.69. The van der Waals surface area contributed by atoms with Gasteiger partial charge >= 0.3 is 0 Å². The number of piperidine rings is 1. The average molecular weight is 290 g/mol. The summed E-state index contributed by atoms with van der Waals surface area (Å²) >= 11 is 0. The Bertz CT molecular complexity index is 379. The Hall–Kier alpha value is -1.35. The Morgan fingerprint density at radius 2 is 2.05 bits per heavy atom. The summed E-state index contributed by atoms with van der Waals surface area (Å²) in [6, 6.07) is 0.546. The summed E-state index contributed by atoms with van der Waals surface area (Å²) in [6.07, 6.45) is 11.9. The fraction of sp³-hybridized carbons (Fsp3) is 0.611. The van der Waals surface area contributed by atoms with Gasteiger partial charge in [0.15, 0.2) is 0 Å². The third-order valence-corrected chi connectivity index (χ3v) is 4.43. The lowest BCUT2D eigenvalue weighted by atomic mass is 9.97. The van der Waals surface area contributed by atoms with Crippen LogP contribution in [-0.4, -0.2) is 48.8 Å². The SMILES string of the molecule is C=C(C(C=C/C=C\C)CC=O)N(C)C1CCN(CC)CC1. The fourth-order valence-corrected chi connectivity index (χ4v) is 2.86. The van der Waals surface area contributed by atoms with Gasteiger partial charge in [-0.3, -0.25) is 0 Å². The highest BCUT2D eigenvalue weighted by Gasteiger charge is 2.24. The lowest BCUT2D eigenvalue weighted by Gasteiger charge is -2.39. The minimum absolute atomic E-state index is 0.105. The summed E-state index contributed by atoms with van der Waals surface area (Å²) in [7, 11) is 2.12. The third-order valence-electron chi connectivity index (χ3n) is 4.43. The van der Waals surface area contributed by atoms with Gasteiger partial charge in [-0.05, 0) is 26.3 Å². The maximum atomic E-state index is 10.9. The monoisotopic (exact) mass is 290 g/mol. The molecule has 3 heteroatoms. The number of rotatable bonds is 8. The normalized spacial score (nSPS) is 19.2. The summed E-state index contributed by atoms with van der Waals surface area (Å²) in [5.41, 5.74) is 1.05. The van der Waals surface area contributed by atoms with Crippen molar-refractivity contribution in [2.24, 2.45) is 5.92 Å². The smallest absolute Gasteiger partial charge is 0.120 e. The molecule has 0 amide bonds. The zero-order valence-corrected chi connectivity index (χ0v) is 13.8. The third kappa shape index (κ3) is 5.50. The molecule has 1 heterocycles. The Balaban J connectivity index is 2.63. The van der Waals surface area contributed by atoms with Crippen LogP contribution in [0.25, 0.3) is 0 Å². The molecular weight excluding hydrogens is 260 g/mol. The minimum atomic E-state index is 0.105. The van der Waals surface area contributed by atoms with Crippen LogP contribution >= 0.6 is 0 Å². The van der Waals surface area contributed by atoms with Gasteiger partial charge in [0.05, 0.1) is 0 Å². The molecule has 3 nitrogen and oxygen atoms in total. The Kier molecular flexibility index (Phi) is 8.06. The number of aldehydes is 1. The molecule has 1 saturated heterocycles. The molecule has 0 bridgehead atoms. The van der Waals surface area contributed by atoms with Crippen LogP contribution in [-0.2, 0) is 4.79 Å². The topological polar surface area (TPSA) is 23.6 Å². The van der Waals surface area contributed by atoms with Gasteiger partial charge in [0, 0.05) is 44.2 Å². The molecule has 1 fully saturated rings. The van der Waals surface area contributed by atoms with E-state index in [1.807, 2.05) is 25.2 Å². The van der Waals surface area contributed by atoms with Crippen LogP contribution in [0.2, 0.25) is 0 Å². The number of likely N-dealkylation sites (tertiary alicyclic amines) is 1. The molecule has 0 radical (unpaired) electrons. The maximum absolute atomic E-state index is 10.9. The quantitative estimate of drug-likeness (QED) is 0.506. The summed E-state index contributed by atoms with van der Waals surface area (Å²) < 4.78 is 0. The van der Waals surface area contributed by atoms with Crippen molar-refractivity contribution < 1.29 is 4.79 Å². The van der Waals surface area contributed by atoms with Crippen LogP contribution in [0.4, 0.5) is 0 Å². The van der Waals surface area contributed by atoms with E-state index in [0.29, 0.717) is 12.5 Å². The van der Waals surface area contributed by atoms with Crippen LogP contribution < -0.4 is 0 Å². The molecule has 1 atom stereocenters. The zero-order valence-electron chi connectivity index (χ0n) is 13.8. The van der Waals surface area contributed by atoms with Crippen molar-refractivity contribution in [3.8, 4) is 0 Å². The molecule has 0 aromatic rings. The Morgan fingerprint density at radius 3 is 2.57 bits per heavy atom. The highest BCUT2D eigenvalue weighted by Crippen LogP contribution is 2.24. The average Bonchev–Trinajstić information content (AvgIpc) is 2.53. The van der Waals surface area contributed by atoms with Crippen LogP contribution in [0.5, 0.6) is 0 Å². The second kappa shape index (κ2) is 9.56. The highest BCUT2D eigenvalue weighted by molar-refractivity contribution is 5.51. The van der Waals surface area contributed by atoms with E-state index in [0.717, 1.165) is 31.6 Å².